The average Bonchev–Trinajstić information content (AvgIpc) is 2.76. The zero-order chi connectivity index (χ0) is 26.4. The number of aliphatic carboxylic acids is 1. The Morgan fingerprint density at radius 3 is 1.97 bits per heavy atom. The molecule has 0 saturated carbocycles. The Kier molecular flexibility index (Phi) is 15.2. The number of carbonyl (C=O) groups excluding carboxylic acids is 4. The van der Waals surface area contributed by atoms with Crippen molar-refractivity contribution in [3.8, 4) is 0 Å². The smallest absolute Gasteiger partial charge is 0.326 e. The van der Waals surface area contributed by atoms with Crippen LogP contribution in [0, 0.1) is 11.8 Å². The predicted molar refractivity (Wildman–Crippen MR) is 132 cm³/mol. The van der Waals surface area contributed by atoms with Gasteiger partial charge in [0.25, 0.3) is 0 Å². The molecule has 34 heavy (non-hydrogen) atoms. The van der Waals surface area contributed by atoms with Gasteiger partial charge in [-0.05, 0) is 43.1 Å². The number of nitrogens with two attached hydrogens (primary N) is 2. The summed E-state index contributed by atoms with van der Waals surface area (Å²) in [5.41, 5.74) is 11.1. The third-order valence-corrected chi connectivity index (χ3v) is 6.04. The van der Waals surface area contributed by atoms with E-state index in [1.54, 1.807) is 6.92 Å². The van der Waals surface area contributed by atoms with E-state index in [2.05, 4.69) is 16.0 Å². The number of thioether (sulfide) groups is 1. The topological polar surface area (TPSA) is 194 Å². The highest BCUT2D eigenvalue weighted by atomic mass is 32.2. The van der Waals surface area contributed by atoms with Crippen molar-refractivity contribution in [2.75, 3.05) is 12.0 Å². The maximum atomic E-state index is 13.0. The molecule has 0 radical (unpaired) electrons. The maximum Gasteiger partial charge on any atom is 0.326 e. The Labute approximate surface area is 205 Å². The van der Waals surface area contributed by atoms with Crippen LogP contribution in [0.1, 0.15) is 59.8 Å². The van der Waals surface area contributed by atoms with Gasteiger partial charge in [-0.3, -0.25) is 19.2 Å². The van der Waals surface area contributed by atoms with E-state index in [1.165, 1.54) is 11.8 Å². The number of hydrogen-bond donors (Lipinski definition) is 6. The van der Waals surface area contributed by atoms with Crippen molar-refractivity contribution >= 4 is 41.4 Å². The van der Waals surface area contributed by atoms with Crippen molar-refractivity contribution in [2.24, 2.45) is 23.3 Å². The van der Waals surface area contributed by atoms with Gasteiger partial charge in [0.1, 0.15) is 18.1 Å². The molecule has 5 unspecified atom stereocenters. The molecule has 8 N–H and O–H groups in total. The Bertz CT molecular complexity index is 705. The van der Waals surface area contributed by atoms with Crippen LogP contribution in [0.3, 0.4) is 0 Å². The summed E-state index contributed by atoms with van der Waals surface area (Å²) in [6.45, 7) is 7.26. The van der Waals surface area contributed by atoms with E-state index < -0.39 is 53.8 Å². The summed E-state index contributed by atoms with van der Waals surface area (Å²) in [5.74, 6) is -3.31. The molecule has 5 atom stereocenters. The largest absolute Gasteiger partial charge is 0.480 e. The van der Waals surface area contributed by atoms with E-state index >= 15 is 0 Å². The number of amides is 4. The lowest BCUT2D eigenvalue weighted by Crippen LogP contribution is -2.58. The molecule has 0 heterocycles. The third-order valence-electron chi connectivity index (χ3n) is 5.40. The summed E-state index contributed by atoms with van der Waals surface area (Å²) in [7, 11) is 0. The van der Waals surface area contributed by atoms with Crippen molar-refractivity contribution < 1.29 is 29.1 Å². The predicted octanol–water partition coefficient (Wildman–Crippen LogP) is -0.0365. The number of carbonyl (C=O) groups is 5. The third kappa shape index (κ3) is 12.2. The highest BCUT2D eigenvalue weighted by molar-refractivity contribution is 7.98. The van der Waals surface area contributed by atoms with Gasteiger partial charge in [-0.1, -0.05) is 34.1 Å². The fourth-order valence-electron chi connectivity index (χ4n) is 3.12. The molecule has 0 aromatic carbocycles. The molecule has 0 aliphatic heterocycles. The Morgan fingerprint density at radius 2 is 1.50 bits per heavy atom. The van der Waals surface area contributed by atoms with Crippen LogP contribution in [-0.4, -0.2) is 70.9 Å². The van der Waals surface area contributed by atoms with Crippen LogP contribution in [0.4, 0.5) is 0 Å². The minimum atomic E-state index is -1.16. The quantitative estimate of drug-likeness (QED) is 0.159. The molecule has 0 bridgehead atoms. The van der Waals surface area contributed by atoms with Gasteiger partial charge in [0.15, 0.2) is 0 Å². The van der Waals surface area contributed by atoms with Crippen molar-refractivity contribution in [3.63, 3.8) is 0 Å². The first-order valence-corrected chi connectivity index (χ1v) is 12.9. The molecule has 0 aromatic heterocycles. The molecule has 0 aromatic rings. The number of rotatable bonds is 17. The minimum Gasteiger partial charge on any atom is -0.480 e. The fourth-order valence-corrected chi connectivity index (χ4v) is 3.61. The molecule has 0 saturated heterocycles. The molecular weight excluding hydrogens is 462 g/mol. The number of carboxylic acids is 1. The normalized spacial score (nSPS) is 15.5. The van der Waals surface area contributed by atoms with Crippen molar-refractivity contribution in [1.29, 1.82) is 0 Å². The average molecular weight is 504 g/mol. The van der Waals surface area contributed by atoms with E-state index in [0.29, 0.717) is 18.6 Å². The molecule has 0 aliphatic rings. The van der Waals surface area contributed by atoms with E-state index in [1.807, 2.05) is 27.0 Å². The van der Waals surface area contributed by atoms with Gasteiger partial charge in [0, 0.05) is 6.42 Å². The fraction of sp³-hybridized carbons (Fsp3) is 0.773. The maximum absolute atomic E-state index is 13.0. The lowest BCUT2D eigenvalue weighted by molar-refractivity contribution is -0.143. The number of nitrogens with one attached hydrogen (secondary N) is 3. The van der Waals surface area contributed by atoms with Crippen molar-refractivity contribution in [3.05, 3.63) is 0 Å². The van der Waals surface area contributed by atoms with E-state index in [0.717, 1.165) is 0 Å². The monoisotopic (exact) mass is 503 g/mol. The van der Waals surface area contributed by atoms with Crippen molar-refractivity contribution in [2.45, 2.75) is 84.0 Å². The standard InChI is InChI=1S/C22H41N5O6S/c1-6-13(4)18(21(31)26-16(22(32)33)11-12(2)3)27-20(30)15(7-8-17(24)28)25-19(29)14(23)9-10-34-5/h12-16,18H,6-11,23H2,1-5H3,(H2,24,28)(H,25,29)(H,26,31)(H,27,30)(H,32,33). The lowest BCUT2D eigenvalue weighted by Gasteiger charge is -2.28. The van der Waals surface area contributed by atoms with Crippen LogP contribution >= 0.6 is 11.8 Å². The summed E-state index contributed by atoms with van der Waals surface area (Å²) in [6, 6.07) is -4.11. The van der Waals surface area contributed by atoms with E-state index in [4.69, 9.17) is 11.5 Å². The second kappa shape index (κ2) is 16.3. The van der Waals surface area contributed by atoms with Crippen LogP contribution in [0.2, 0.25) is 0 Å². The molecule has 0 aliphatic carbocycles. The number of primary amides is 1. The molecule has 196 valence electrons. The van der Waals surface area contributed by atoms with Crippen LogP contribution in [0.15, 0.2) is 0 Å². The molecule has 11 nitrogen and oxygen atoms in total. The van der Waals surface area contributed by atoms with Crippen LogP contribution in [0.25, 0.3) is 0 Å². The number of carboxylic acid groups (broad SMARTS) is 1. The molecular formula is C22H41N5O6S. The van der Waals surface area contributed by atoms with Crippen LogP contribution in [0.5, 0.6) is 0 Å². The van der Waals surface area contributed by atoms with E-state index in [-0.39, 0.29) is 31.1 Å². The van der Waals surface area contributed by atoms with Crippen molar-refractivity contribution in [1.82, 2.24) is 16.0 Å². The second-order valence-electron chi connectivity index (χ2n) is 8.85. The zero-order valence-electron chi connectivity index (χ0n) is 20.8. The molecule has 0 spiro atoms. The zero-order valence-corrected chi connectivity index (χ0v) is 21.6. The summed E-state index contributed by atoms with van der Waals surface area (Å²) < 4.78 is 0. The summed E-state index contributed by atoms with van der Waals surface area (Å²) in [5, 5.41) is 17.1. The van der Waals surface area contributed by atoms with E-state index in [9.17, 15) is 29.1 Å². The first-order valence-electron chi connectivity index (χ1n) is 11.5. The Hall–Kier alpha value is -2.34. The second-order valence-corrected chi connectivity index (χ2v) is 9.84. The van der Waals surface area contributed by atoms with Gasteiger partial charge >= 0.3 is 5.97 Å². The molecule has 0 fully saturated rings. The number of hydrogen-bond acceptors (Lipinski definition) is 7. The first-order chi connectivity index (χ1) is 15.8. The molecule has 12 heteroatoms. The van der Waals surface area contributed by atoms with Gasteiger partial charge in [0.2, 0.25) is 23.6 Å². The van der Waals surface area contributed by atoms with Crippen LogP contribution in [-0.2, 0) is 24.0 Å². The van der Waals surface area contributed by atoms with Gasteiger partial charge < -0.3 is 32.5 Å². The molecule has 4 amide bonds. The SMILES string of the molecule is CCC(C)C(NC(=O)C(CCC(N)=O)NC(=O)C(N)CCSC)C(=O)NC(CC(C)C)C(=O)O. The molecule has 0 rings (SSSR count). The summed E-state index contributed by atoms with van der Waals surface area (Å²) in [6.07, 6.45) is 2.81. The Balaban J connectivity index is 5.57. The van der Waals surface area contributed by atoms with Gasteiger partial charge in [-0.15, -0.1) is 0 Å². The van der Waals surface area contributed by atoms with Gasteiger partial charge in [-0.25, -0.2) is 4.79 Å². The highest BCUT2D eigenvalue weighted by Crippen LogP contribution is 2.12. The van der Waals surface area contributed by atoms with Gasteiger partial charge in [0.05, 0.1) is 6.04 Å². The van der Waals surface area contributed by atoms with Crippen LogP contribution < -0.4 is 27.4 Å². The first kappa shape index (κ1) is 31.7. The highest BCUT2D eigenvalue weighted by Gasteiger charge is 2.33. The van der Waals surface area contributed by atoms with Gasteiger partial charge in [-0.2, -0.15) is 11.8 Å². The Morgan fingerprint density at radius 1 is 0.912 bits per heavy atom. The summed E-state index contributed by atoms with van der Waals surface area (Å²) in [4.78, 5) is 61.3. The minimum absolute atomic E-state index is 0.0294. The summed E-state index contributed by atoms with van der Waals surface area (Å²) >= 11 is 1.53. The lowest BCUT2D eigenvalue weighted by atomic mass is 9.96.